The second-order valence-electron chi connectivity index (χ2n) is 5.24. The summed E-state index contributed by atoms with van der Waals surface area (Å²) < 4.78 is 0. The standard InChI is InChI=1S/C11H25NS/c1-9(2)13-8-10(12)6-7-11(3,4)5/h9-10H,6-8,12H2,1-5H3. The molecule has 0 aromatic carbocycles. The smallest absolute Gasteiger partial charge is 0.0130 e. The Morgan fingerprint density at radius 2 is 1.77 bits per heavy atom. The van der Waals surface area contributed by atoms with E-state index in [0.29, 0.717) is 16.7 Å². The number of thioether (sulfide) groups is 1. The van der Waals surface area contributed by atoms with Gasteiger partial charge in [0.1, 0.15) is 0 Å². The van der Waals surface area contributed by atoms with Crippen LogP contribution in [-0.4, -0.2) is 17.0 Å². The predicted octanol–water partition coefficient (Wildman–Crippen LogP) is 3.28. The van der Waals surface area contributed by atoms with E-state index in [1.807, 2.05) is 11.8 Å². The van der Waals surface area contributed by atoms with E-state index in [2.05, 4.69) is 34.6 Å². The van der Waals surface area contributed by atoms with Crippen LogP contribution in [0.1, 0.15) is 47.5 Å². The first kappa shape index (κ1) is 13.3. The van der Waals surface area contributed by atoms with Crippen LogP contribution in [0, 0.1) is 5.41 Å². The van der Waals surface area contributed by atoms with E-state index in [-0.39, 0.29) is 0 Å². The molecule has 1 nitrogen and oxygen atoms in total. The van der Waals surface area contributed by atoms with Gasteiger partial charge in [0.15, 0.2) is 0 Å². The average molecular weight is 203 g/mol. The Kier molecular flexibility index (Phi) is 6.06. The predicted molar refractivity (Wildman–Crippen MR) is 64.3 cm³/mol. The van der Waals surface area contributed by atoms with Gasteiger partial charge in [-0.2, -0.15) is 11.8 Å². The van der Waals surface area contributed by atoms with E-state index >= 15 is 0 Å². The highest BCUT2D eigenvalue weighted by atomic mass is 32.2. The fourth-order valence-corrected chi connectivity index (χ4v) is 1.82. The van der Waals surface area contributed by atoms with Crippen LogP contribution in [0.15, 0.2) is 0 Å². The largest absolute Gasteiger partial charge is 0.327 e. The molecule has 1 unspecified atom stereocenters. The molecular formula is C11H25NS. The highest BCUT2D eigenvalue weighted by molar-refractivity contribution is 7.99. The molecule has 0 aliphatic carbocycles. The van der Waals surface area contributed by atoms with Gasteiger partial charge in [-0.05, 0) is 23.5 Å². The van der Waals surface area contributed by atoms with Crippen molar-refractivity contribution in [2.45, 2.75) is 58.8 Å². The van der Waals surface area contributed by atoms with Crippen molar-refractivity contribution in [3.8, 4) is 0 Å². The summed E-state index contributed by atoms with van der Waals surface area (Å²) in [4.78, 5) is 0. The third-order valence-corrected chi connectivity index (χ3v) is 3.20. The Labute approximate surface area is 87.9 Å². The van der Waals surface area contributed by atoms with Crippen molar-refractivity contribution < 1.29 is 0 Å². The van der Waals surface area contributed by atoms with E-state index in [1.165, 1.54) is 6.42 Å². The van der Waals surface area contributed by atoms with E-state index < -0.39 is 0 Å². The molecule has 0 bridgehead atoms. The normalized spacial score (nSPS) is 15.0. The molecule has 0 saturated carbocycles. The molecule has 0 radical (unpaired) electrons. The molecule has 0 aliphatic heterocycles. The highest BCUT2D eigenvalue weighted by Crippen LogP contribution is 2.22. The molecular weight excluding hydrogens is 178 g/mol. The molecule has 0 fully saturated rings. The Morgan fingerprint density at radius 3 is 2.15 bits per heavy atom. The molecule has 13 heavy (non-hydrogen) atoms. The summed E-state index contributed by atoms with van der Waals surface area (Å²) in [6.45, 7) is 11.3. The summed E-state index contributed by atoms with van der Waals surface area (Å²) in [5, 5.41) is 0.709. The summed E-state index contributed by atoms with van der Waals surface area (Å²) in [5.74, 6) is 1.10. The van der Waals surface area contributed by atoms with E-state index in [4.69, 9.17) is 5.73 Å². The fourth-order valence-electron chi connectivity index (χ4n) is 1.02. The monoisotopic (exact) mass is 203 g/mol. The Hall–Kier alpha value is 0.310. The lowest BCUT2D eigenvalue weighted by molar-refractivity contribution is 0.353. The lowest BCUT2D eigenvalue weighted by Crippen LogP contribution is -2.25. The average Bonchev–Trinajstić information content (AvgIpc) is 1.95. The minimum Gasteiger partial charge on any atom is -0.327 e. The fraction of sp³-hybridized carbons (Fsp3) is 1.00. The molecule has 0 aromatic heterocycles. The zero-order valence-electron chi connectivity index (χ0n) is 9.76. The van der Waals surface area contributed by atoms with Crippen LogP contribution in [0.25, 0.3) is 0 Å². The first-order valence-electron chi connectivity index (χ1n) is 5.18. The lowest BCUT2D eigenvalue weighted by atomic mass is 9.89. The van der Waals surface area contributed by atoms with Crippen molar-refractivity contribution in [2.24, 2.45) is 11.1 Å². The number of nitrogens with two attached hydrogens (primary N) is 1. The van der Waals surface area contributed by atoms with Gasteiger partial charge in [0, 0.05) is 11.8 Å². The summed E-state index contributed by atoms with van der Waals surface area (Å²) in [6.07, 6.45) is 2.38. The molecule has 1 atom stereocenters. The van der Waals surface area contributed by atoms with Gasteiger partial charge in [-0.3, -0.25) is 0 Å². The summed E-state index contributed by atoms with van der Waals surface area (Å²) in [5.41, 5.74) is 6.44. The van der Waals surface area contributed by atoms with Crippen molar-refractivity contribution in [1.29, 1.82) is 0 Å². The summed E-state index contributed by atoms with van der Waals surface area (Å²) >= 11 is 1.96. The number of rotatable bonds is 5. The van der Waals surface area contributed by atoms with Crippen LogP contribution in [0.4, 0.5) is 0 Å². The van der Waals surface area contributed by atoms with Gasteiger partial charge in [-0.25, -0.2) is 0 Å². The van der Waals surface area contributed by atoms with Crippen molar-refractivity contribution >= 4 is 11.8 Å². The van der Waals surface area contributed by atoms with Gasteiger partial charge in [-0.1, -0.05) is 34.6 Å². The van der Waals surface area contributed by atoms with Crippen LogP contribution in [0.2, 0.25) is 0 Å². The molecule has 0 amide bonds. The Balaban J connectivity index is 3.46. The maximum absolute atomic E-state index is 6.01. The van der Waals surface area contributed by atoms with E-state index in [0.717, 1.165) is 12.2 Å². The summed E-state index contributed by atoms with van der Waals surface area (Å²) in [7, 11) is 0. The summed E-state index contributed by atoms with van der Waals surface area (Å²) in [6, 6.07) is 0.381. The van der Waals surface area contributed by atoms with Crippen molar-refractivity contribution in [2.75, 3.05) is 5.75 Å². The van der Waals surface area contributed by atoms with Crippen LogP contribution in [0.3, 0.4) is 0 Å². The minimum absolute atomic E-state index is 0.381. The van der Waals surface area contributed by atoms with Crippen LogP contribution in [-0.2, 0) is 0 Å². The van der Waals surface area contributed by atoms with E-state index in [9.17, 15) is 0 Å². The topological polar surface area (TPSA) is 26.0 Å². The maximum atomic E-state index is 6.01. The molecule has 0 spiro atoms. The van der Waals surface area contributed by atoms with Crippen molar-refractivity contribution in [3.05, 3.63) is 0 Å². The molecule has 0 aliphatic rings. The first-order chi connectivity index (χ1) is 5.81. The third-order valence-electron chi connectivity index (χ3n) is 1.91. The molecule has 0 aromatic rings. The second-order valence-corrected chi connectivity index (χ2v) is 6.85. The van der Waals surface area contributed by atoms with Gasteiger partial charge < -0.3 is 5.73 Å². The van der Waals surface area contributed by atoms with Gasteiger partial charge in [0.25, 0.3) is 0 Å². The minimum atomic E-state index is 0.381. The molecule has 0 rings (SSSR count). The number of hydrogen-bond acceptors (Lipinski definition) is 2. The van der Waals surface area contributed by atoms with E-state index in [1.54, 1.807) is 0 Å². The zero-order chi connectivity index (χ0) is 10.5. The van der Waals surface area contributed by atoms with Crippen LogP contribution in [0.5, 0.6) is 0 Å². The first-order valence-corrected chi connectivity index (χ1v) is 6.23. The molecule has 2 N–H and O–H groups in total. The van der Waals surface area contributed by atoms with Crippen LogP contribution >= 0.6 is 11.8 Å². The third kappa shape index (κ3) is 10.2. The quantitative estimate of drug-likeness (QED) is 0.742. The molecule has 2 heteroatoms. The van der Waals surface area contributed by atoms with Gasteiger partial charge in [0.05, 0.1) is 0 Å². The molecule has 0 saturated heterocycles. The maximum Gasteiger partial charge on any atom is 0.0130 e. The van der Waals surface area contributed by atoms with Gasteiger partial charge >= 0.3 is 0 Å². The molecule has 0 heterocycles. The Bertz CT molecular complexity index is 127. The Morgan fingerprint density at radius 1 is 1.23 bits per heavy atom. The molecule has 80 valence electrons. The second kappa shape index (κ2) is 5.92. The number of hydrogen-bond donors (Lipinski definition) is 1. The van der Waals surface area contributed by atoms with Crippen molar-refractivity contribution in [3.63, 3.8) is 0 Å². The van der Waals surface area contributed by atoms with Crippen LogP contribution < -0.4 is 5.73 Å². The SMILES string of the molecule is CC(C)SCC(N)CCC(C)(C)C. The van der Waals surface area contributed by atoms with Crippen molar-refractivity contribution in [1.82, 2.24) is 0 Å². The highest BCUT2D eigenvalue weighted by Gasteiger charge is 2.12. The zero-order valence-corrected chi connectivity index (χ0v) is 10.6. The van der Waals surface area contributed by atoms with Gasteiger partial charge in [-0.15, -0.1) is 0 Å². The lowest BCUT2D eigenvalue weighted by Gasteiger charge is -2.21. The van der Waals surface area contributed by atoms with Gasteiger partial charge in [0.2, 0.25) is 0 Å².